The number of hydrogen-bond acceptors (Lipinski definition) is 3. The Morgan fingerprint density at radius 3 is 2.20 bits per heavy atom. The number of hydrogen-bond donors (Lipinski definition) is 1. The van der Waals surface area contributed by atoms with Crippen molar-refractivity contribution in [3.63, 3.8) is 0 Å². The van der Waals surface area contributed by atoms with Gasteiger partial charge >= 0.3 is 0 Å². The van der Waals surface area contributed by atoms with Crippen molar-refractivity contribution < 1.29 is 9.59 Å². The molecule has 0 saturated heterocycles. The molecule has 3 aromatic rings. The summed E-state index contributed by atoms with van der Waals surface area (Å²) in [4.78, 5) is 29.2. The van der Waals surface area contributed by atoms with E-state index in [4.69, 9.17) is 11.6 Å². The highest BCUT2D eigenvalue weighted by atomic mass is 35.5. The minimum absolute atomic E-state index is 0.216. The number of benzene rings is 2. The fraction of sp³-hybridized carbons (Fsp3) is 0.0500. The van der Waals surface area contributed by atoms with E-state index in [-0.39, 0.29) is 11.7 Å². The minimum Gasteiger partial charge on any atom is -0.348 e. The molecule has 0 spiro atoms. The van der Waals surface area contributed by atoms with Gasteiger partial charge in [0.15, 0.2) is 5.78 Å². The minimum atomic E-state index is -0.297. The largest absolute Gasteiger partial charge is 0.348 e. The number of aromatic nitrogens is 1. The van der Waals surface area contributed by atoms with Crippen molar-refractivity contribution in [3.8, 4) is 0 Å². The van der Waals surface area contributed by atoms with Gasteiger partial charge in [-0.3, -0.25) is 14.6 Å². The molecule has 1 heterocycles. The maximum Gasteiger partial charge on any atom is 0.252 e. The quantitative estimate of drug-likeness (QED) is 0.710. The van der Waals surface area contributed by atoms with Gasteiger partial charge in [0, 0.05) is 35.1 Å². The second kappa shape index (κ2) is 7.73. The summed E-state index contributed by atoms with van der Waals surface area (Å²) in [5.74, 6) is -0.513. The van der Waals surface area contributed by atoms with E-state index in [0.717, 1.165) is 5.56 Å². The number of halogens is 1. The first kappa shape index (κ1) is 16.9. The van der Waals surface area contributed by atoms with Crippen LogP contribution in [0.1, 0.15) is 31.8 Å². The summed E-state index contributed by atoms with van der Waals surface area (Å²) in [6.45, 7) is 0.366. The summed E-state index contributed by atoms with van der Waals surface area (Å²) in [5, 5.41) is 3.39. The van der Waals surface area contributed by atoms with E-state index in [1.165, 1.54) is 0 Å². The van der Waals surface area contributed by atoms with Crippen LogP contribution < -0.4 is 5.32 Å². The second-order valence-electron chi connectivity index (χ2n) is 5.42. The van der Waals surface area contributed by atoms with Crippen molar-refractivity contribution in [2.45, 2.75) is 6.54 Å². The van der Waals surface area contributed by atoms with Crippen molar-refractivity contribution in [1.29, 1.82) is 0 Å². The molecule has 1 N–H and O–H groups in total. The smallest absolute Gasteiger partial charge is 0.252 e. The highest BCUT2D eigenvalue weighted by Crippen LogP contribution is 2.17. The normalized spacial score (nSPS) is 10.3. The van der Waals surface area contributed by atoms with Crippen LogP contribution in [0.4, 0.5) is 0 Å². The third kappa shape index (κ3) is 4.11. The molecule has 4 nitrogen and oxygen atoms in total. The van der Waals surface area contributed by atoms with Crippen molar-refractivity contribution in [1.82, 2.24) is 10.3 Å². The molecule has 0 aliphatic rings. The third-order valence-electron chi connectivity index (χ3n) is 3.73. The zero-order chi connectivity index (χ0) is 17.6. The van der Waals surface area contributed by atoms with Gasteiger partial charge in [-0.2, -0.15) is 0 Å². The number of nitrogens with zero attached hydrogens (tertiary/aromatic N) is 1. The molecule has 0 unspecified atom stereocenters. The van der Waals surface area contributed by atoms with E-state index in [1.807, 2.05) is 12.1 Å². The van der Waals surface area contributed by atoms with Gasteiger partial charge in [-0.15, -0.1) is 0 Å². The Labute approximate surface area is 150 Å². The van der Waals surface area contributed by atoms with E-state index >= 15 is 0 Å². The van der Waals surface area contributed by atoms with E-state index in [1.54, 1.807) is 60.9 Å². The van der Waals surface area contributed by atoms with Gasteiger partial charge in [-0.1, -0.05) is 29.8 Å². The summed E-state index contributed by atoms with van der Waals surface area (Å²) >= 11 is 5.86. The Morgan fingerprint density at radius 2 is 1.52 bits per heavy atom. The molecule has 2 aromatic carbocycles. The van der Waals surface area contributed by atoms with Crippen LogP contribution in [0.25, 0.3) is 0 Å². The Morgan fingerprint density at radius 1 is 0.880 bits per heavy atom. The summed E-state index contributed by atoms with van der Waals surface area (Å²) in [6, 6.07) is 17.0. The van der Waals surface area contributed by atoms with Crippen LogP contribution in [0.15, 0.2) is 73.1 Å². The highest BCUT2D eigenvalue weighted by molar-refractivity contribution is 6.30. The van der Waals surface area contributed by atoms with Crippen LogP contribution in [0.2, 0.25) is 5.02 Å². The number of ketones is 1. The first-order valence-corrected chi connectivity index (χ1v) is 8.09. The zero-order valence-electron chi connectivity index (χ0n) is 13.3. The molecule has 1 amide bonds. The molecular formula is C20H15ClN2O2. The standard InChI is InChI=1S/C20H15ClN2O2/c21-16-7-5-15(6-8-16)19(24)17-3-1-2-4-18(17)20(25)23-13-14-9-11-22-12-10-14/h1-12H,13H2,(H,23,25). The number of nitrogens with one attached hydrogen (secondary N) is 1. The first-order valence-electron chi connectivity index (χ1n) is 7.71. The Hall–Kier alpha value is -2.98. The van der Waals surface area contributed by atoms with Gasteiger partial charge < -0.3 is 5.32 Å². The van der Waals surface area contributed by atoms with Crippen LogP contribution >= 0.6 is 11.6 Å². The van der Waals surface area contributed by atoms with Gasteiger partial charge in [-0.05, 0) is 48.0 Å². The van der Waals surface area contributed by atoms with Crippen LogP contribution in [-0.2, 0) is 6.54 Å². The zero-order valence-corrected chi connectivity index (χ0v) is 14.0. The van der Waals surface area contributed by atoms with Crippen LogP contribution in [0.5, 0.6) is 0 Å². The van der Waals surface area contributed by atoms with Gasteiger partial charge in [0.25, 0.3) is 5.91 Å². The molecule has 0 aliphatic carbocycles. The molecule has 0 atom stereocenters. The van der Waals surface area contributed by atoms with E-state index in [2.05, 4.69) is 10.3 Å². The molecule has 0 radical (unpaired) electrons. The van der Waals surface area contributed by atoms with Crippen molar-refractivity contribution in [2.24, 2.45) is 0 Å². The van der Waals surface area contributed by atoms with Gasteiger partial charge in [0.1, 0.15) is 0 Å². The average Bonchev–Trinajstić information content (AvgIpc) is 2.67. The molecule has 1 aromatic heterocycles. The molecule has 124 valence electrons. The topological polar surface area (TPSA) is 59.1 Å². The van der Waals surface area contributed by atoms with Gasteiger partial charge in [0.05, 0.1) is 5.56 Å². The van der Waals surface area contributed by atoms with E-state index in [9.17, 15) is 9.59 Å². The molecule has 0 fully saturated rings. The molecule has 5 heteroatoms. The fourth-order valence-corrected chi connectivity index (χ4v) is 2.54. The number of carbonyl (C=O) groups is 2. The number of rotatable bonds is 5. The fourth-order valence-electron chi connectivity index (χ4n) is 2.41. The predicted molar refractivity (Wildman–Crippen MR) is 96.7 cm³/mol. The van der Waals surface area contributed by atoms with Crippen molar-refractivity contribution in [3.05, 3.63) is 100 Å². The number of pyridine rings is 1. The molecule has 3 rings (SSSR count). The molecular weight excluding hydrogens is 336 g/mol. The lowest BCUT2D eigenvalue weighted by molar-refractivity contribution is 0.0939. The average molecular weight is 351 g/mol. The Balaban J connectivity index is 1.81. The highest BCUT2D eigenvalue weighted by Gasteiger charge is 2.17. The summed E-state index contributed by atoms with van der Waals surface area (Å²) in [5.41, 5.74) is 2.12. The lowest BCUT2D eigenvalue weighted by atomic mass is 9.98. The third-order valence-corrected chi connectivity index (χ3v) is 3.98. The van der Waals surface area contributed by atoms with Gasteiger partial charge in [0.2, 0.25) is 0 Å². The van der Waals surface area contributed by atoms with Gasteiger partial charge in [-0.25, -0.2) is 0 Å². The lowest BCUT2D eigenvalue weighted by Crippen LogP contribution is -2.25. The number of carbonyl (C=O) groups excluding carboxylic acids is 2. The second-order valence-corrected chi connectivity index (χ2v) is 5.86. The van der Waals surface area contributed by atoms with Crippen molar-refractivity contribution in [2.75, 3.05) is 0 Å². The Bertz CT molecular complexity index is 893. The maximum atomic E-state index is 12.7. The predicted octanol–water partition coefficient (Wildman–Crippen LogP) is 3.90. The number of amides is 1. The van der Waals surface area contributed by atoms with Crippen molar-refractivity contribution >= 4 is 23.3 Å². The molecule has 0 aliphatic heterocycles. The SMILES string of the molecule is O=C(NCc1ccncc1)c1ccccc1C(=O)c1ccc(Cl)cc1. The lowest BCUT2D eigenvalue weighted by Gasteiger charge is -2.10. The monoisotopic (exact) mass is 350 g/mol. The van der Waals surface area contributed by atoms with Crippen LogP contribution in [0.3, 0.4) is 0 Å². The molecule has 0 saturated carbocycles. The molecule has 0 bridgehead atoms. The summed E-state index contributed by atoms with van der Waals surface area (Å²) < 4.78 is 0. The molecule has 25 heavy (non-hydrogen) atoms. The van der Waals surface area contributed by atoms with Crippen LogP contribution in [0, 0.1) is 0 Å². The maximum absolute atomic E-state index is 12.7. The summed E-state index contributed by atoms with van der Waals surface area (Å²) in [7, 11) is 0. The first-order chi connectivity index (χ1) is 12.1. The van der Waals surface area contributed by atoms with Crippen LogP contribution in [-0.4, -0.2) is 16.7 Å². The van der Waals surface area contributed by atoms with E-state index < -0.39 is 0 Å². The Kier molecular flexibility index (Phi) is 5.21. The summed E-state index contributed by atoms with van der Waals surface area (Å²) in [6.07, 6.45) is 3.33. The van der Waals surface area contributed by atoms with E-state index in [0.29, 0.717) is 28.3 Å².